The second-order valence-corrected chi connectivity index (χ2v) is 3.08. The molecule has 1 aromatic carbocycles. The molecule has 0 aliphatic heterocycles. The fourth-order valence-corrected chi connectivity index (χ4v) is 1.18. The van der Waals surface area contributed by atoms with E-state index in [2.05, 4.69) is 4.74 Å². The van der Waals surface area contributed by atoms with E-state index in [-0.39, 0.29) is 18.8 Å². The SMILES string of the molecule is CCOC(=O)C[C@H](O)c1ccc(F)cc1. The lowest BCUT2D eigenvalue weighted by Crippen LogP contribution is -2.09. The molecule has 0 spiro atoms. The van der Waals surface area contributed by atoms with Crippen LogP contribution < -0.4 is 0 Å². The van der Waals surface area contributed by atoms with Gasteiger partial charge < -0.3 is 9.84 Å². The number of benzene rings is 1. The number of hydrogen-bond acceptors (Lipinski definition) is 3. The summed E-state index contributed by atoms with van der Waals surface area (Å²) in [5.41, 5.74) is 0.504. The quantitative estimate of drug-likeness (QED) is 0.774. The van der Waals surface area contributed by atoms with Gasteiger partial charge in [0.15, 0.2) is 0 Å². The second kappa shape index (κ2) is 5.46. The molecule has 0 fully saturated rings. The average Bonchev–Trinajstić information content (AvgIpc) is 2.18. The van der Waals surface area contributed by atoms with Gasteiger partial charge in [-0.15, -0.1) is 0 Å². The first kappa shape index (κ1) is 11.7. The summed E-state index contributed by atoms with van der Waals surface area (Å²) in [6.45, 7) is 1.98. The molecule has 0 unspecified atom stereocenters. The highest BCUT2D eigenvalue weighted by Crippen LogP contribution is 2.17. The van der Waals surface area contributed by atoms with E-state index < -0.39 is 12.1 Å². The van der Waals surface area contributed by atoms with Gasteiger partial charge in [-0.2, -0.15) is 0 Å². The molecule has 0 aliphatic carbocycles. The Balaban J connectivity index is 2.57. The first-order chi connectivity index (χ1) is 7.13. The predicted molar refractivity (Wildman–Crippen MR) is 52.6 cm³/mol. The molecule has 0 aliphatic rings. The van der Waals surface area contributed by atoms with Gasteiger partial charge in [-0.3, -0.25) is 4.79 Å². The van der Waals surface area contributed by atoms with Crippen LogP contribution in [0, 0.1) is 5.82 Å². The summed E-state index contributed by atoms with van der Waals surface area (Å²) in [5.74, 6) is -0.837. The lowest BCUT2D eigenvalue weighted by atomic mass is 10.1. The normalized spacial score (nSPS) is 12.2. The molecule has 0 bridgehead atoms. The maximum Gasteiger partial charge on any atom is 0.308 e. The van der Waals surface area contributed by atoms with E-state index >= 15 is 0 Å². The Morgan fingerprint density at radius 1 is 1.47 bits per heavy atom. The van der Waals surface area contributed by atoms with Crippen LogP contribution in [0.15, 0.2) is 24.3 Å². The first-order valence-corrected chi connectivity index (χ1v) is 4.72. The standard InChI is InChI=1S/C11H13FO3/c1-2-15-11(14)7-10(13)8-3-5-9(12)6-4-8/h3-6,10,13H,2,7H2,1H3/t10-/m0/s1. The van der Waals surface area contributed by atoms with Crippen molar-refractivity contribution in [3.05, 3.63) is 35.6 Å². The Bertz CT molecular complexity index is 321. The number of rotatable bonds is 4. The molecule has 1 N–H and O–H groups in total. The molecule has 0 radical (unpaired) electrons. The number of hydrogen-bond donors (Lipinski definition) is 1. The van der Waals surface area contributed by atoms with Crippen LogP contribution in [-0.4, -0.2) is 17.7 Å². The van der Waals surface area contributed by atoms with Gasteiger partial charge in [0, 0.05) is 0 Å². The highest BCUT2D eigenvalue weighted by atomic mass is 19.1. The van der Waals surface area contributed by atoms with Crippen molar-refractivity contribution in [3.63, 3.8) is 0 Å². The maximum atomic E-state index is 12.6. The van der Waals surface area contributed by atoms with E-state index in [0.29, 0.717) is 5.56 Å². The first-order valence-electron chi connectivity index (χ1n) is 4.72. The Morgan fingerprint density at radius 3 is 2.60 bits per heavy atom. The van der Waals surface area contributed by atoms with E-state index in [1.165, 1.54) is 24.3 Å². The van der Waals surface area contributed by atoms with Crippen molar-refractivity contribution >= 4 is 5.97 Å². The van der Waals surface area contributed by atoms with E-state index in [1.54, 1.807) is 6.92 Å². The van der Waals surface area contributed by atoms with Crippen LogP contribution in [0.4, 0.5) is 4.39 Å². The molecule has 1 rings (SSSR count). The topological polar surface area (TPSA) is 46.5 Å². The van der Waals surface area contributed by atoms with E-state index in [9.17, 15) is 14.3 Å². The van der Waals surface area contributed by atoms with Crippen molar-refractivity contribution in [2.24, 2.45) is 0 Å². The highest BCUT2D eigenvalue weighted by molar-refractivity contribution is 5.70. The molecular weight excluding hydrogens is 199 g/mol. The van der Waals surface area contributed by atoms with Crippen LogP contribution >= 0.6 is 0 Å². The predicted octanol–water partition coefficient (Wildman–Crippen LogP) is 1.81. The molecule has 1 atom stereocenters. The van der Waals surface area contributed by atoms with Crippen LogP contribution in [0.25, 0.3) is 0 Å². The maximum absolute atomic E-state index is 12.6. The molecule has 0 saturated carbocycles. The number of esters is 1. The molecule has 3 nitrogen and oxygen atoms in total. The van der Waals surface area contributed by atoms with Crippen molar-refractivity contribution < 1.29 is 19.0 Å². The number of aliphatic hydroxyl groups is 1. The highest BCUT2D eigenvalue weighted by Gasteiger charge is 2.13. The summed E-state index contributed by atoms with van der Waals surface area (Å²) in [5, 5.41) is 9.59. The van der Waals surface area contributed by atoms with Crippen LogP contribution in [0.3, 0.4) is 0 Å². The molecule has 0 amide bonds. The molecule has 0 saturated heterocycles. The number of halogens is 1. The lowest BCUT2D eigenvalue weighted by molar-refractivity contribution is -0.145. The van der Waals surface area contributed by atoms with Crippen molar-refractivity contribution in [1.82, 2.24) is 0 Å². The second-order valence-electron chi connectivity index (χ2n) is 3.08. The van der Waals surface area contributed by atoms with Gasteiger partial charge in [-0.05, 0) is 24.6 Å². The van der Waals surface area contributed by atoms with E-state index in [0.717, 1.165) is 0 Å². The summed E-state index contributed by atoms with van der Waals surface area (Å²) >= 11 is 0. The molecule has 15 heavy (non-hydrogen) atoms. The monoisotopic (exact) mass is 212 g/mol. The third-order valence-corrected chi connectivity index (χ3v) is 1.92. The largest absolute Gasteiger partial charge is 0.466 e. The van der Waals surface area contributed by atoms with Crippen molar-refractivity contribution in [2.45, 2.75) is 19.4 Å². The molecule has 82 valence electrons. The Hall–Kier alpha value is -1.42. The van der Waals surface area contributed by atoms with Gasteiger partial charge in [0.1, 0.15) is 5.82 Å². The minimum atomic E-state index is -0.940. The van der Waals surface area contributed by atoms with E-state index in [4.69, 9.17) is 0 Å². The lowest BCUT2D eigenvalue weighted by Gasteiger charge is -2.09. The van der Waals surface area contributed by atoms with Crippen molar-refractivity contribution in [1.29, 1.82) is 0 Å². The van der Waals surface area contributed by atoms with Crippen molar-refractivity contribution in [3.8, 4) is 0 Å². The molecular formula is C11H13FO3. The van der Waals surface area contributed by atoms with Gasteiger partial charge >= 0.3 is 5.97 Å². The Morgan fingerprint density at radius 2 is 2.07 bits per heavy atom. The number of carbonyl (C=O) groups is 1. The number of aliphatic hydroxyl groups excluding tert-OH is 1. The summed E-state index contributed by atoms with van der Waals surface area (Å²) in [6, 6.07) is 5.37. The van der Waals surface area contributed by atoms with Crippen LogP contribution in [0.1, 0.15) is 25.0 Å². The van der Waals surface area contributed by atoms with Crippen LogP contribution in [-0.2, 0) is 9.53 Å². The third kappa shape index (κ3) is 3.67. The molecule has 4 heteroatoms. The summed E-state index contributed by atoms with van der Waals surface area (Å²) in [4.78, 5) is 11.0. The summed E-state index contributed by atoms with van der Waals surface area (Å²) < 4.78 is 17.2. The zero-order valence-electron chi connectivity index (χ0n) is 8.44. The van der Waals surface area contributed by atoms with Gasteiger partial charge in [0.2, 0.25) is 0 Å². The minimum absolute atomic E-state index is 0.112. The fraction of sp³-hybridized carbons (Fsp3) is 0.364. The molecule has 0 heterocycles. The van der Waals surface area contributed by atoms with Gasteiger partial charge in [0.25, 0.3) is 0 Å². The van der Waals surface area contributed by atoms with Crippen LogP contribution in [0.2, 0.25) is 0 Å². The summed E-state index contributed by atoms with van der Waals surface area (Å²) in [6.07, 6.45) is -1.05. The van der Waals surface area contributed by atoms with Crippen molar-refractivity contribution in [2.75, 3.05) is 6.61 Å². The Kier molecular flexibility index (Phi) is 4.24. The van der Waals surface area contributed by atoms with Gasteiger partial charge in [0.05, 0.1) is 19.1 Å². The molecule has 0 aromatic heterocycles. The molecule has 1 aromatic rings. The summed E-state index contributed by atoms with van der Waals surface area (Å²) in [7, 11) is 0. The minimum Gasteiger partial charge on any atom is -0.466 e. The third-order valence-electron chi connectivity index (χ3n) is 1.92. The van der Waals surface area contributed by atoms with Crippen LogP contribution in [0.5, 0.6) is 0 Å². The Labute approximate surface area is 87.5 Å². The number of carbonyl (C=O) groups excluding carboxylic acids is 1. The fourth-order valence-electron chi connectivity index (χ4n) is 1.18. The zero-order valence-corrected chi connectivity index (χ0v) is 8.44. The van der Waals surface area contributed by atoms with E-state index in [1.807, 2.05) is 0 Å². The average molecular weight is 212 g/mol. The number of ether oxygens (including phenoxy) is 1. The smallest absolute Gasteiger partial charge is 0.308 e. The zero-order chi connectivity index (χ0) is 11.3. The van der Waals surface area contributed by atoms with Gasteiger partial charge in [-0.25, -0.2) is 4.39 Å². The van der Waals surface area contributed by atoms with Gasteiger partial charge in [-0.1, -0.05) is 12.1 Å².